The van der Waals surface area contributed by atoms with Crippen molar-refractivity contribution in [2.45, 2.75) is 19.9 Å². The van der Waals surface area contributed by atoms with Gasteiger partial charge in [-0.25, -0.2) is 4.39 Å². The smallest absolute Gasteiger partial charge is 0.128 e. The number of pyridine rings is 1. The maximum Gasteiger partial charge on any atom is 0.128 e. The number of aromatic nitrogens is 1. The number of hydrogen-bond donors (Lipinski definition) is 1. The predicted molar refractivity (Wildman–Crippen MR) is 66.1 cm³/mol. The third-order valence-electron chi connectivity index (χ3n) is 2.89. The van der Waals surface area contributed by atoms with Crippen molar-refractivity contribution in [2.75, 3.05) is 0 Å². The SMILES string of the molecule is Cc1ccc(F)c(C(N)c2ccncc2C)c1. The van der Waals surface area contributed by atoms with Crippen molar-refractivity contribution in [3.8, 4) is 0 Å². The average Bonchev–Trinajstić information content (AvgIpc) is 2.32. The van der Waals surface area contributed by atoms with Gasteiger partial charge in [-0.05, 0) is 37.1 Å². The largest absolute Gasteiger partial charge is 0.320 e. The molecule has 1 aromatic carbocycles. The van der Waals surface area contributed by atoms with Gasteiger partial charge in [0.25, 0.3) is 0 Å². The summed E-state index contributed by atoms with van der Waals surface area (Å²) in [5.41, 5.74) is 9.53. The van der Waals surface area contributed by atoms with Crippen LogP contribution in [0.3, 0.4) is 0 Å². The molecule has 0 saturated carbocycles. The number of halogens is 1. The summed E-state index contributed by atoms with van der Waals surface area (Å²) in [7, 11) is 0. The monoisotopic (exact) mass is 230 g/mol. The predicted octanol–water partition coefficient (Wildman–Crippen LogP) is 2.89. The van der Waals surface area contributed by atoms with E-state index in [-0.39, 0.29) is 5.82 Å². The van der Waals surface area contributed by atoms with Crippen LogP contribution < -0.4 is 5.73 Å². The Labute approximate surface area is 100 Å². The van der Waals surface area contributed by atoms with Crippen LogP contribution in [0.15, 0.2) is 36.7 Å². The molecule has 0 aliphatic rings. The molecule has 1 unspecified atom stereocenters. The van der Waals surface area contributed by atoms with Gasteiger partial charge in [-0.1, -0.05) is 17.7 Å². The summed E-state index contributed by atoms with van der Waals surface area (Å²) >= 11 is 0. The highest BCUT2D eigenvalue weighted by atomic mass is 19.1. The maximum atomic E-state index is 13.7. The van der Waals surface area contributed by atoms with Crippen LogP contribution in [0, 0.1) is 19.7 Å². The molecule has 0 radical (unpaired) electrons. The summed E-state index contributed by atoms with van der Waals surface area (Å²) in [6, 6.07) is 6.38. The van der Waals surface area contributed by atoms with Gasteiger partial charge in [0.2, 0.25) is 0 Å². The normalized spacial score (nSPS) is 12.5. The molecule has 2 nitrogen and oxygen atoms in total. The molecule has 0 aliphatic carbocycles. The number of aryl methyl sites for hydroxylation is 2. The first-order valence-corrected chi connectivity index (χ1v) is 5.51. The van der Waals surface area contributed by atoms with Gasteiger partial charge in [0.1, 0.15) is 5.82 Å². The lowest BCUT2D eigenvalue weighted by Crippen LogP contribution is -2.15. The van der Waals surface area contributed by atoms with Crippen molar-refractivity contribution in [3.63, 3.8) is 0 Å². The molecular formula is C14H15FN2. The zero-order valence-corrected chi connectivity index (χ0v) is 9.94. The Morgan fingerprint density at radius 3 is 2.65 bits per heavy atom. The van der Waals surface area contributed by atoms with Crippen molar-refractivity contribution < 1.29 is 4.39 Å². The minimum absolute atomic E-state index is 0.265. The number of nitrogens with two attached hydrogens (primary N) is 1. The van der Waals surface area contributed by atoms with E-state index in [0.29, 0.717) is 5.56 Å². The van der Waals surface area contributed by atoms with Crippen LogP contribution in [-0.4, -0.2) is 4.98 Å². The molecule has 2 rings (SSSR count). The zero-order chi connectivity index (χ0) is 12.4. The van der Waals surface area contributed by atoms with Crippen LogP contribution in [0.4, 0.5) is 4.39 Å². The van der Waals surface area contributed by atoms with Crippen LogP contribution >= 0.6 is 0 Å². The van der Waals surface area contributed by atoms with Crippen molar-refractivity contribution in [3.05, 3.63) is 64.7 Å². The summed E-state index contributed by atoms with van der Waals surface area (Å²) in [5.74, 6) is -0.265. The molecule has 88 valence electrons. The van der Waals surface area contributed by atoms with Crippen molar-refractivity contribution in [2.24, 2.45) is 5.73 Å². The van der Waals surface area contributed by atoms with E-state index in [1.165, 1.54) is 6.07 Å². The Morgan fingerprint density at radius 1 is 1.18 bits per heavy atom. The van der Waals surface area contributed by atoms with Gasteiger partial charge >= 0.3 is 0 Å². The first-order chi connectivity index (χ1) is 8.09. The highest BCUT2D eigenvalue weighted by molar-refractivity contribution is 5.37. The van der Waals surface area contributed by atoms with E-state index < -0.39 is 6.04 Å². The summed E-state index contributed by atoms with van der Waals surface area (Å²) < 4.78 is 13.7. The lowest BCUT2D eigenvalue weighted by atomic mass is 9.96. The van der Waals surface area contributed by atoms with Gasteiger partial charge in [-0.2, -0.15) is 0 Å². The standard InChI is InChI=1S/C14H15FN2/c1-9-3-4-13(15)12(7-9)14(16)11-5-6-17-8-10(11)2/h3-8,14H,16H2,1-2H3. The van der Waals surface area contributed by atoms with E-state index in [1.807, 2.05) is 19.9 Å². The Balaban J connectivity index is 2.47. The van der Waals surface area contributed by atoms with Gasteiger partial charge in [-0.3, -0.25) is 4.98 Å². The Kier molecular flexibility index (Phi) is 3.20. The number of hydrogen-bond acceptors (Lipinski definition) is 2. The van der Waals surface area contributed by atoms with Crippen LogP contribution in [0.2, 0.25) is 0 Å². The molecule has 0 saturated heterocycles. The third-order valence-corrected chi connectivity index (χ3v) is 2.89. The molecule has 2 aromatic rings. The summed E-state index contributed by atoms with van der Waals surface area (Å²) in [4.78, 5) is 4.01. The lowest BCUT2D eigenvalue weighted by molar-refractivity contribution is 0.598. The van der Waals surface area contributed by atoms with E-state index in [0.717, 1.165) is 16.7 Å². The quantitative estimate of drug-likeness (QED) is 0.861. The fourth-order valence-corrected chi connectivity index (χ4v) is 1.90. The molecule has 0 spiro atoms. The van der Waals surface area contributed by atoms with E-state index >= 15 is 0 Å². The third kappa shape index (κ3) is 2.34. The van der Waals surface area contributed by atoms with Crippen LogP contribution in [-0.2, 0) is 0 Å². The first-order valence-electron chi connectivity index (χ1n) is 5.51. The molecule has 1 heterocycles. The summed E-state index contributed by atoms with van der Waals surface area (Å²) in [6.07, 6.45) is 3.42. The zero-order valence-electron chi connectivity index (χ0n) is 9.94. The lowest BCUT2D eigenvalue weighted by Gasteiger charge is -2.16. The molecule has 2 N–H and O–H groups in total. The van der Waals surface area contributed by atoms with Crippen LogP contribution in [0.5, 0.6) is 0 Å². The van der Waals surface area contributed by atoms with E-state index in [1.54, 1.807) is 24.5 Å². The minimum atomic E-state index is -0.446. The van der Waals surface area contributed by atoms with E-state index in [9.17, 15) is 4.39 Å². The first kappa shape index (κ1) is 11.7. The van der Waals surface area contributed by atoms with Gasteiger partial charge in [0.05, 0.1) is 6.04 Å². The molecule has 17 heavy (non-hydrogen) atoms. The van der Waals surface area contributed by atoms with Gasteiger partial charge in [-0.15, -0.1) is 0 Å². The second-order valence-corrected chi connectivity index (χ2v) is 4.23. The molecule has 1 atom stereocenters. The topological polar surface area (TPSA) is 38.9 Å². The fraction of sp³-hybridized carbons (Fsp3) is 0.214. The molecule has 0 aliphatic heterocycles. The fourth-order valence-electron chi connectivity index (χ4n) is 1.90. The van der Waals surface area contributed by atoms with Crippen LogP contribution in [0.1, 0.15) is 28.3 Å². The summed E-state index contributed by atoms with van der Waals surface area (Å²) in [6.45, 7) is 3.85. The maximum absolute atomic E-state index is 13.7. The van der Waals surface area contributed by atoms with Gasteiger partial charge in [0, 0.05) is 18.0 Å². The van der Waals surface area contributed by atoms with Crippen LogP contribution in [0.25, 0.3) is 0 Å². The molecule has 0 fully saturated rings. The number of rotatable bonds is 2. The highest BCUT2D eigenvalue weighted by Crippen LogP contribution is 2.24. The van der Waals surface area contributed by atoms with E-state index in [4.69, 9.17) is 5.73 Å². The number of benzene rings is 1. The van der Waals surface area contributed by atoms with E-state index in [2.05, 4.69) is 4.98 Å². The van der Waals surface area contributed by atoms with Gasteiger partial charge in [0.15, 0.2) is 0 Å². The Hall–Kier alpha value is -1.74. The van der Waals surface area contributed by atoms with Crippen molar-refractivity contribution in [1.29, 1.82) is 0 Å². The molecule has 1 aromatic heterocycles. The molecular weight excluding hydrogens is 215 g/mol. The molecule has 0 amide bonds. The molecule has 0 bridgehead atoms. The Morgan fingerprint density at radius 2 is 1.94 bits per heavy atom. The van der Waals surface area contributed by atoms with Gasteiger partial charge < -0.3 is 5.73 Å². The average molecular weight is 230 g/mol. The number of nitrogens with zero attached hydrogens (tertiary/aromatic N) is 1. The highest BCUT2D eigenvalue weighted by Gasteiger charge is 2.15. The Bertz CT molecular complexity index is 537. The summed E-state index contributed by atoms with van der Waals surface area (Å²) in [5, 5.41) is 0. The molecule has 3 heteroatoms. The van der Waals surface area contributed by atoms with Crippen molar-refractivity contribution >= 4 is 0 Å². The second kappa shape index (κ2) is 4.63. The minimum Gasteiger partial charge on any atom is -0.320 e. The van der Waals surface area contributed by atoms with Crippen molar-refractivity contribution in [1.82, 2.24) is 4.98 Å². The second-order valence-electron chi connectivity index (χ2n) is 4.23.